The highest BCUT2D eigenvalue weighted by Gasteiger charge is 2.10. The molecule has 0 amide bonds. The van der Waals surface area contributed by atoms with E-state index in [1.807, 2.05) is 30.5 Å². The molecule has 0 aliphatic carbocycles. The van der Waals surface area contributed by atoms with E-state index >= 15 is 0 Å². The molecule has 0 bridgehead atoms. The summed E-state index contributed by atoms with van der Waals surface area (Å²) in [7, 11) is 0. The number of hydrogen-bond acceptors (Lipinski definition) is 3. The van der Waals surface area contributed by atoms with Crippen molar-refractivity contribution in [2.45, 2.75) is 12.8 Å². The van der Waals surface area contributed by atoms with Gasteiger partial charge in [-0.1, -0.05) is 48.5 Å². The molecule has 0 atom stereocenters. The monoisotopic (exact) mass is 376 g/mol. The Hall–Kier alpha value is -3.79. The van der Waals surface area contributed by atoms with Crippen LogP contribution in [0.3, 0.4) is 0 Å². The molecule has 0 aliphatic rings. The lowest BCUT2D eigenvalue weighted by atomic mass is 10.0. The van der Waals surface area contributed by atoms with Crippen molar-refractivity contribution in [1.29, 1.82) is 0 Å². The highest BCUT2D eigenvalue weighted by molar-refractivity contribution is 5.80. The fourth-order valence-electron chi connectivity index (χ4n) is 3.61. The highest BCUT2D eigenvalue weighted by atomic mass is 15.1. The van der Waals surface area contributed by atoms with Crippen molar-refractivity contribution in [2.75, 3.05) is 0 Å². The Balaban J connectivity index is 1.32. The zero-order valence-electron chi connectivity index (χ0n) is 15.9. The van der Waals surface area contributed by atoms with Gasteiger partial charge in [0.05, 0.1) is 17.4 Å². The van der Waals surface area contributed by atoms with Crippen LogP contribution in [0, 0.1) is 0 Å². The summed E-state index contributed by atoms with van der Waals surface area (Å²) in [6.45, 7) is 0. The Morgan fingerprint density at radius 1 is 0.724 bits per heavy atom. The molecule has 2 aromatic carbocycles. The van der Waals surface area contributed by atoms with Gasteiger partial charge in [-0.25, -0.2) is 0 Å². The molecule has 140 valence electrons. The fourth-order valence-corrected chi connectivity index (χ4v) is 3.61. The van der Waals surface area contributed by atoms with E-state index in [2.05, 4.69) is 63.7 Å². The van der Waals surface area contributed by atoms with Crippen LogP contribution >= 0.6 is 0 Å². The normalized spacial score (nSPS) is 11.0. The lowest BCUT2D eigenvalue weighted by Gasteiger charge is -2.06. The Morgan fingerprint density at radius 2 is 1.55 bits per heavy atom. The first-order valence-electron chi connectivity index (χ1n) is 9.74. The van der Waals surface area contributed by atoms with Crippen molar-refractivity contribution in [3.05, 3.63) is 103 Å². The zero-order chi connectivity index (χ0) is 19.5. The van der Waals surface area contributed by atoms with Crippen LogP contribution in [0.2, 0.25) is 0 Å². The van der Waals surface area contributed by atoms with Gasteiger partial charge in [0.25, 0.3) is 0 Å². The first-order chi connectivity index (χ1) is 14.4. The van der Waals surface area contributed by atoms with Crippen LogP contribution in [-0.2, 0) is 12.8 Å². The number of para-hydroxylation sites is 1. The van der Waals surface area contributed by atoms with E-state index in [1.165, 1.54) is 10.9 Å². The van der Waals surface area contributed by atoms with E-state index in [0.717, 1.165) is 46.4 Å². The molecule has 0 saturated carbocycles. The smallest absolute Gasteiger partial charge is 0.0728 e. The maximum Gasteiger partial charge on any atom is 0.0728 e. The highest BCUT2D eigenvalue weighted by Crippen LogP contribution is 2.29. The molecular weight excluding hydrogens is 356 g/mol. The minimum absolute atomic E-state index is 0.927. The number of nitrogens with zero attached hydrogens (tertiary/aromatic N) is 3. The van der Waals surface area contributed by atoms with Crippen LogP contribution in [0.25, 0.3) is 33.3 Å². The summed E-state index contributed by atoms with van der Waals surface area (Å²) in [5.41, 5.74) is 7.83. The third-order valence-corrected chi connectivity index (χ3v) is 5.20. The lowest BCUT2D eigenvalue weighted by Crippen LogP contribution is -1.95. The summed E-state index contributed by atoms with van der Waals surface area (Å²) in [6.07, 6.45) is 7.36. The van der Waals surface area contributed by atoms with Crippen molar-refractivity contribution < 1.29 is 0 Å². The molecule has 3 heterocycles. The van der Waals surface area contributed by atoms with Gasteiger partial charge in [-0.05, 0) is 48.2 Å². The molecule has 3 aromatic heterocycles. The summed E-state index contributed by atoms with van der Waals surface area (Å²) in [4.78, 5) is 8.87. The number of H-pyrrole nitrogens is 1. The van der Waals surface area contributed by atoms with Gasteiger partial charge >= 0.3 is 0 Å². The van der Waals surface area contributed by atoms with Gasteiger partial charge in [0.2, 0.25) is 0 Å². The Morgan fingerprint density at radius 3 is 2.41 bits per heavy atom. The second-order valence-corrected chi connectivity index (χ2v) is 7.09. The van der Waals surface area contributed by atoms with Gasteiger partial charge in [0.1, 0.15) is 0 Å². The second kappa shape index (κ2) is 7.68. The molecule has 29 heavy (non-hydrogen) atoms. The van der Waals surface area contributed by atoms with Gasteiger partial charge in [-0.3, -0.25) is 15.1 Å². The largest absolute Gasteiger partial charge is 0.277 e. The summed E-state index contributed by atoms with van der Waals surface area (Å²) in [5.74, 6) is 0. The number of hydrogen-bond donors (Lipinski definition) is 1. The number of aromatic nitrogens is 4. The van der Waals surface area contributed by atoms with Crippen LogP contribution in [-0.4, -0.2) is 20.2 Å². The summed E-state index contributed by atoms with van der Waals surface area (Å²) >= 11 is 0. The number of pyridine rings is 2. The Bertz CT molecular complexity index is 1240. The number of rotatable bonds is 5. The minimum atomic E-state index is 0.927. The van der Waals surface area contributed by atoms with Crippen LogP contribution in [0.4, 0.5) is 0 Å². The molecule has 0 unspecified atom stereocenters. The number of nitrogens with one attached hydrogen (secondary N) is 1. The van der Waals surface area contributed by atoms with Crippen molar-refractivity contribution in [2.24, 2.45) is 0 Å². The van der Waals surface area contributed by atoms with E-state index < -0.39 is 0 Å². The molecule has 4 heteroatoms. The first-order valence-corrected chi connectivity index (χ1v) is 9.74. The SMILES string of the molecule is c1ccc2nc(CCc3ccc(-c4[nH]ncc4-c4ccncc4)cc3)ccc2c1. The summed E-state index contributed by atoms with van der Waals surface area (Å²) in [5, 5.41) is 8.56. The number of aromatic amines is 1. The van der Waals surface area contributed by atoms with E-state index in [9.17, 15) is 0 Å². The predicted molar refractivity (Wildman–Crippen MR) is 116 cm³/mol. The molecule has 0 fully saturated rings. The van der Waals surface area contributed by atoms with Gasteiger partial charge in [0.15, 0.2) is 0 Å². The maximum atomic E-state index is 4.78. The second-order valence-electron chi connectivity index (χ2n) is 7.09. The molecule has 0 spiro atoms. The average Bonchev–Trinajstić information content (AvgIpc) is 3.28. The van der Waals surface area contributed by atoms with Gasteiger partial charge in [-0.15, -0.1) is 0 Å². The average molecular weight is 376 g/mol. The number of benzene rings is 2. The molecule has 5 aromatic rings. The fraction of sp³-hybridized carbons (Fsp3) is 0.0800. The van der Waals surface area contributed by atoms with Crippen LogP contribution in [0.15, 0.2) is 91.4 Å². The van der Waals surface area contributed by atoms with E-state index in [0.29, 0.717) is 0 Å². The maximum absolute atomic E-state index is 4.78. The molecular formula is C25H20N4. The minimum Gasteiger partial charge on any atom is -0.277 e. The predicted octanol–water partition coefficient (Wildman–Crippen LogP) is 5.47. The molecule has 0 saturated heterocycles. The molecule has 0 aliphatic heterocycles. The molecule has 1 N–H and O–H groups in total. The van der Waals surface area contributed by atoms with E-state index in [-0.39, 0.29) is 0 Å². The zero-order valence-corrected chi connectivity index (χ0v) is 15.9. The van der Waals surface area contributed by atoms with E-state index in [4.69, 9.17) is 4.98 Å². The number of fused-ring (bicyclic) bond motifs is 1. The quantitative estimate of drug-likeness (QED) is 0.442. The molecule has 4 nitrogen and oxygen atoms in total. The van der Waals surface area contributed by atoms with Crippen molar-refractivity contribution in [3.63, 3.8) is 0 Å². The van der Waals surface area contributed by atoms with E-state index in [1.54, 1.807) is 12.4 Å². The van der Waals surface area contributed by atoms with Gasteiger partial charge < -0.3 is 0 Å². The van der Waals surface area contributed by atoms with Gasteiger partial charge in [0, 0.05) is 34.6 Å². The van der Waals surface area contributed by atoms with Crippen LogP contribution in [0.1, 0.15) is 11.3 Å². The van der Waals surface area contributed by atoms with Crippen molar-refractivity contribution >= 4 is 10.9 Å². The van der Waals surface area contributed by atoms with Crippen LogP contribution in [0.5, 0.6) is 0 Å². The molecule has 0 radical (unpaired) electrons. The van der Waals surface area contributed by atoms with Crippen molar-refractivity contribution in [1.82, 2.24) is 20.2 Å². The Labute approximate surface area is 169 Å². The first kappa shape index (κ1) is 17.3. The summed E-state index contributed by atoms with van der Waals surface area (Å²) < 4.78 is 0. The van der Waals surface area contributed by atoms with Crippen molar-refractivity contribution in [3.8, 4) is 22.4 Å². The van der Waals surface area contributed by atoms with Crippen LogP contribution < -0.4 is 0 Å². The number of aryl methyl sites for hydroxylation is 2. The molecule has 5 rings (SSSR count). The lowest BCUT2D eigenvalue weighted by molar-refractivity contribution is 0.923. The Kier molecular flexibility index (Phi) is 4.59. The third kappa shape index (κ3) is 3.65. The third-order valence-electron chi connectivity index (χ3n) is 5.20. The standard InChI is InChI=1S/C25H20N4/c1-2-4-24-20(3-1)10-12-22(28-24)11-7-18-5-8-21(9-6-18)25-23(17-27-29-25)19-13-15-26-16-14-19/h1-6,8-10,12-17H,7,11H2,(H,27,29). The summed E-state index contributed by atoms with van der Waals surface area (Å²) in [6, 6.07) is 25.2. The van der Waals surface area contributed by atoms with Gasteiger partial charge in [-0.2, -0.15) is 5.10 Å². The topological polar surface area (TPSA) is 54.5 Å².